The summed E-state index contributed by atoms with van der Waals surface area (Å²) in [5.41, 5.74) is 2.17. The van der Waals surface area contributed by atoms with Crippen LogP contribution in [0, 0.1) is 11.2 Å². The van der Waals surface area contributed by atoms with Gasteiger partial charge in [-0.15, -0.1) is 5.10 Å². The van der Waals surface area contributed by atoms with Crippen LogP contribution in [0.15, 0.2) is 54.9 Å². The standard InChI is InChI=1S/C22H24FN5O2/c23-20-8-4-17(5-9-20)12-22(15-29)10-1-11-27(14-22)21(30)19-6-2-18(3-7-19)13-28-16-24-25-26-28/h2-9,16,29H,1,10-15H2. The zero-order chi connectivity index (χ0) is 21.0. The van der Waals surface area contributed by atoms with Crippen molar-refractivity contribution in [1.29, 1.82) is 0 Å². The van der Waals surface area contributed by atoms with E-state index in [0.717, 1.165) is 24.0 Å². The van der Waals surface area contributed by atoms with E-state index in [1.807, 2.05) is 29.2 Å². The van der Waals surface area contributed by atoms with Crippen LogP contribution in [0.25, 0.3) is 0 Å². The molecule has 8 heteroatoms. The SMILES string of the molecule is O=C(c1ccc(Cn2cnnn2)cc1)N1CCCC(CO)(Cc2ccc(F)cc2)C1. The summed E-state index contributed by atoms with van der Waals surface area (Å²) in [6.45, 7) is 1.66. The van der Waals surface area contributed by atoms with E-state index >= 15 is 0 Å². The summed E-state index contributed by atoms with van der Waals surface area (Å²) < 4.78 is 14.8. The molecule has 1 aliphatic heterocycles. The van der Waals surface area contributed by atoms with Crippen molar-refractivity contribution < 1.29 is 14.3 Å². The number of aliphatic hydroxyl groups excluding tert-OH is 1. The molecule has 0 saturated carbocycles. The van der Waals surface area contributed by atoms with Crippen LogP contribution in [0.5, 0.6) is 0 Å². The smallest absolute Gasteiger partial charge is 0.253 e. The monoisotopic (exact) mass is 409 g/mol. The van der Waals surface area contributed by atoms with E-state index in [0.29, 0.717) is 31.6 Å². The number of aromatic nitrogens is 4. The van der Waals surface area contributed by atoms with Crippen molar-refractivity contribution in [1.82, 2.24) is 25.1 Å². The van der Waals surface area contributed by atoms with Crippen molar-refractivity contribution in [2.75, 3.05) is 19.7 Å². The zero-order valence-electron chi connectivity index (χ0n) is 16.6. The number of benzene rings is 2. The molecule has 1 atom stereocenters. The molecule has 2 heterocycles. The number of halogens is 1. The quantitative estimate of drug-likeness (QED) is 0.676. The van der Waals surface area contributed by atoms with Crippen molar-refractivity contribution in [3.05, 3.63) is 77.4 Å². The molecule has 156 valence electrons. The highest BCUT2D eigenvalue weighted by molar-refractivity contribution is 5.94. The number of hydrogen-bond donors (Lipinski definition) is 1. The molecule has 1 amide bonds. The van der Waals surface area contributed by atoms with E-state index in [-0.39, 0.29) is 18.3 Å². The van der Waals surface area contributed by atoms with Crippen molar-refractivity contribution >= 4 is 5.91 Å². The van der Waals surface area contributed by atoms with Gasteiger partial charge >= 0.3 is 0 Å². The zero-order valence-corrected chi connectivity index (χ0v) is 16.6. The second kappa shape index (κ2) is 8.71. The van der Waals surface area contributed by atoms with Crippen LogP contribution in [0.4, 0.5) is 4.39 Å². The van der Waals surface area contributed by atoms with Gasteiger partial charge in [0.15, 0.2) is 0 Å². The molecule has 7 nitrogen and oxygen atoms in total. The van der Waals surface area contributed by atoms with Gasteiger partial charge in [-0.3, -0.25) is 4.79 Å². The van der Waals surface area contributed by atoms with Gasteiger partial charge in [0.1, 0.15) is 12.1 Å². The molecule has 0 spiro atoms. The molecule has 1 saturated heterocycles. The summed E-state index contributed by atoms with van der Waals surface area (Å²) in [5.74, 6) is -0.318. The second-order valence-corrected chi connectivity index (χ2v) is 8.00. The van der Waals surface area contributed by atoms with E-state index in [9.17, 15) is 14.3 Å². The first-order valence-electron chi connectivity index (χ1n) is 10.0. The maximum Gasteiger partial charge on any atom is 0.253 e. The summed E-state index contributed by atoms with van der Waals surface area (Å²) in [4.78, 5) is 14.9. The summed E-state index contributed by atoms with van der Waals surface area (Å²) in [6, 6.07) is 13.8. The Morgan fingerprint density at radius 3 is 2.50 bits per heavy atom. The summed E-state index contributed by atoms with van der Waals surface area (Å²) in [5, 5.41) is 21.2. The number of tetrazole rings is 1. The van der Waals surface area contributed by atoms with Gasteiger partial charge in [-0.1, -0.05) is 24.3 Å². The topological polar surface area (TPSA) is 84.1 Å². The highest BCUT2D eigenvalue weighted by Gasteiger charge is 2.37. The first-order chi connectivity index (χ1) is 14.6. The average molecular weight is 409 g/mol. The summed E-state index contributed by atoms with van der Waals surface area (Å²) in [6.07, 6.45) is 3.81. The van der Waals surface area contributed by atoms with Gasteiger partial charge in [-0.05, 0) is 65.1 Å². The van der Waals surface area contributed by atoms with Crippen LogP contribution < -0.4 is 0 Å². The maximum atomic E-state index is 13.2. The lowest BCUT2D eigenvalue weighted by Crippen LogP contribution is -2.49. The fourth-order valence-electron chi connectivity index (χ4n) is 4.12. The average Bonchev–Trinajstić information content (AvgIpc) is 3.29. The number of aliphatic hydroxyl groups is 1. The molecular weight excluding hydrogens is 385 g/mol. The third-order valence-corrected chi connectivity index (χ3v) is 5.71. The molecule has 1 N–H and O–H groups in total. The van der Waals surface area contributed by atoms with Crippen LogP contribution in [0.2, 0.25) is 0 Å². The lowest BCUT2D eigenvalue weighted by molar-refractivity contribution is 0.0271. The minimum atomic E-state index is -0.411. The largest absolute Gasteiger partial charge is 0.396 e. The molecule has 3 aromatic rings. The van der Waals surface area contributed by atoms with Gasteiger partial charge in [0.2, 0.25) is 0 Å². The van der Waals surface area contributed by atoms with Gasteiger partial charge in [0.25, 0.3) is 5.91 Å². The van der Waals surface area contributed by atoms with Crippen LogP contribution in [-0.2, 0) is 13.0 Å². The Bertz CT molecular complexity index is 976. The van der Waals surface area contributed by atoms with Gasteiger partial charge in [0.05, 0.1) is 13.2 Å². The Morgan fingerprint density at radius 2 is 1.83 bits per heavy atom. The van der Waals surface area contributed by atoms with Gasteiger partial charge in [-0.25, -0.2) is 9.07 Å². The predicted octanol–water partition coefficient (Wildman–Crippen LogP) is 2.32. The number of rotatable bonds is 6. The first-order valence-corrected chi connectivity index (χ1v) is 10.0. The highest BCUT2D eigenvalue weighted by Crippen LogP contribution is 2.34. The Hall–Kier alpha value is -3.13. The normalized spacial score (nSPS) is 19.1. The van der Waals surface area contributed by atoms with Crippen LogP contribution >= 0.6 is 0 Å². The van der Waals surface area contributed by atoms with Crippen LogP contribution in [0.1, 0.15) is 34.3 Å². The lowest BCUT2D eigenvalue weighted by atomic mass is 9.75. The van der Waals surface area contributed by atoms with Crippen LogP contribution in [-0.4, -0.2) is 55.8 Å². The summed E-state index contributed by atoms with van der Waals surface area (Å²) >= 11 is 0. The van der Waals surface area contributed by atoms with Crippen LogP contribution in [0.3, 0.4) is 0 Å². The number of amides is 1. The molecule has 1 fully saturated rings. The number of likely N-dealkylation sites (tertiary alicyclic amines) is 1. The lowest BCUT2D eigenvalue weighted by Gasteiger charge is -2.42. The number of nitrogens with zero attached hydrogens (tertiary/aromatic N) is 5. The molecule has 0 radical (unpaired) electrons. The number of hydrogen-bond acceptors (Lipinski definition) is 5. The van der Waals surface area contributed by atoms with Crippen molar-refractivity contribution in [3.63, 3.8) is 0 Å². The van der Waals surface area contributed by atoms with Gasteiger partial charge in [-0.2, -0.15) is 0 Å². The second-order valence-electron chi connectivity index (χ2n) is 8.00. The molecular formula is C22H24FN5O2. The molecule has 0 bridgehead atoms. The Morgan fingerprint density at radius 1 is 1.10 bits per heavy atom. The third kappa shape index (κ3) is 4.54. The number of carbonyl (C=O) groups excluding carboxylic acids is 1. The summed E-state index contributed by atoms with van der Waals surface area (Å²) in [7, 11) is 0. The third-order valence-electron chi connectivity index (χ3n) is 5.71. The number of carbonyl (C=O) groups is 1. The molecule has 1 aromatic heterocycles. The fraction of sp³-hybridized carbons (Fsp3) is 0.364. The maximum absolute atomic E-state index is 13.2. The van der Waals surface area contributed by atoms with Crippen molar-refractivity contribution in [2.45, 2.75) is 25.8 Å². The molecule has 2 aromatic carbocycles. The molecule has 1 aliphatic rings. The van der Waals surface area contributed by atoms with E-state index in [1.165, 1.54) is 12.1 Å². The highest BCUT2D eigenvalue weighted by atomic mass is 19.1. The van der Waals surface area contributed by atoms with E-state index < -0.39 is 5.41 Å². The Kier molecular flexibility index (Phi) is 5.85. The number of piperidine rings is 1. The van der Waals surface area contributed by atoms with E-state index in [1.54, 1.807) is 23.1 Å². The van der Waals surface area contributed by atoms with E-state index in [4.69, 9.17) is 0 Å². The Balaban J connectivity index is 1.45. The minimum Gasteiger partial charge on any atom is -0.396 e. The molecule has 0 aliphatic carbocycles. The fourth-order valence-corrected chi connectivity index (χ4v) is 4.12. The minimum absolute atomic E-state index is 0.0148. The predicted molar refractivity (Wildman–Crippen MR) is 108 cm³/mol. The molecule has 1 unspecified atom stereocenters. The van der Waals surface area contributed by atoms with Crippen molar-refractivity contribution in [3.8, 4) is 0 Å². The van der Waals surface area contributed by atoms with E-state index in [2.05, 4.69) is 15.5 Å². The molecule has 4 rings (SSSR count). The first kappa shape index (κ1) is 20.2. The van der Waals surface area contributed by atoms with Crippen molar-refractivity contribution in [2.24, 2.45) is 5.41 Å². The Labute approximate surface area is 174 Å². The molecule has 30 heavy (non-hydrogen) atoms. The van der Waals surface area contributed by atoms with Gasteiger partial charge < -0.3 is 10.0 Å². The van der Waals surface area contributed by atoms with Gasteiger partial charge in [0, 0.05) is 24.1 Å².